The van der Waals surface area contributed by atoms with Gasteiger partial charge in [0, 0.05) is 36.5 Å². The van der Waals surface area contributed by atoms with Crippen molar-refractivity contribution in [1.82, 2.24) is 9.55 Å². The van der Waals surface area contributed by atoms with Gasteiger partial charge in [-0.25, -0.2) is 4.98 Å². The van der Waals surface area contributed by atoms with Crippen molar-refractivity contribution in [2.45, 2.75) is 13.8 Å². The Morgan fingerprint density at radius 3 is 2.85 bits per heavy atom. The van der Waals surface area contributed by atoms with Gasteiger partial charge in [0.1, 0.15) is 0 Å². The molecule has 0 aliphatic heterocycles. The predicted molar refractivity (Wildman–Crippen MR) is 80.9 cm³/mol. The molecule has 0 atom stereocenters. The molecule has 1 N–H and O–H groups in total. The standard InChI is InChI=1S/C14H15N3O2S/c1-9-6-14(19)17(3)8-12(9)16-13(18)5-4-11-7-15-10(2)20-11/h4-8H,1-3H3,(H,16,18). The lowest BCUT2D eigenvalue weighted by molar-refractivity contribution is -0.111. The molecule has 2 aromatic rings. The third-order valence-electron chi connectivity index (χ3n) is 2.73. The normalized spacial score (nSPS) is 10.9. The van der Waals surface area contributed by atoms with Crippen molar-refractivity contribution in [3.8, 4) is 0 Å². The maximum atomic E-state index is 11.8. The maximum absolute atomic E-state index is 11.8. The van der Waals surface area contributed by atoms with Gasteiger partial charge in [-0.3, -0.25) is 9.59 Å². The highest BCUT2D eigenvalue weighted by molar-refractivity contribution is 7.12. The zero-order chi connectivity index (χ0) is 14.7. The number of rotatable bonds is 3. The third kappa shape index (κ3) is 3.42. The number of aryl methyl sites for hydroxylation is 3. The van der Waals surface area contributed by atoms with E-state index < -0.39 is 0 Å². The van der Waals surface area contributed by atoms with Crippen LogP contribution in [0.15, 0.2) is 29.3 Å². The number of anilines is 1. The summed E-state index contributed by atoms with van der Waals surface area (Å²) in [5.41, 5.74) is 1.27. The first-order valence-corrected chi connectivity index (χ1v) is 6.86. The SMILES string of the molecule is Cc1ncc(C=CC(=O)Nc2cn(C)c(=O)cc2C)s1. The van der Waals surface area contributed by atoms with Gasteiger partial charge in [0.25, 0.3) is 5.56 Å². The molecule has 0 aliphatic rings. The van der Waals surface area contributed by atoms with Crippen molar-refractivity contribution < 1.29 is 4.79 Å². The van der Waals surface area contributed by atoms with Crippen LogP contribution in [0.4, 0.5) is 5.69 Å². The number of hydrogen-bond donors (Lipinski definition) is 1. The van der Waals surface area contributed by atoms with Gasteiger partial charge < -0.3 is 9.88 Å². The average Bonchev–Trinajstić information content (AvgIpc) is 2.79. The van der Waals surface area contributed by atoms with Gasteiger partial charge in [-0.1, -0.05) is 0 Å². The molecule has 0 fully saturated rings. The van der Waals surface area contributed by atoms with Gasteiger partial charge in [-0.15, -0.1) is 11.3 Å². The fourth-order valence-electron chi connectivity index (χ4n) is 1.64. The Morgan fingerprint density at radius 1 is 1.45 bits per heavy atom. The first-order valence-electron chi connectivity index (χ1n) is 6.04. The van der Waals surface area contributed by atoms with Crippen LogP contribution in [0, 0.1) is 13.8 Å². The molecule has 0 unspecified atom stereocenters. The van der Waals surface area contributed by atoms with Gasteiger partial charge in [0.2, 0.25) is 5.91 Å². The smallest absolute Gasteiger partial charge is 0.250 e. The molecule has 0 spiro atoms. The second kappa shape index (κ2) is 5.83. The van der Waals surface area contributed by atoms with E-state index in [2.05, 4.69) is 10.3 Å². The Morgan fingerprint density at radius 2 is 2.20 bits per heavy atom. The molecule has 0 saturated heterocycles. The largest absolute Gasteiger partial charge is 0.321 e. The number of amides is 1. The van der Waals surface area contributed by atoms with E-state index in [0.29, 0.717) is 5.69 Å². The highest BCUT2D eigenvalue weighted by Gasteiger charge is 2.04. The summed E-state index contributed by atoms with van der Waals surface area (Å²) >= 11 is 1.52. The Balaban J connectivity index is 2.10. The number of thiazole rings is 1. The van der Waals surface area contributed by atoms with Crippen LogP contribution in [-0.2, 0) is 11.8 Å². The molecule has 0 aromatic carbocycles. The van der Waals surface area contributed by atoms with E-state index in [0.717, 1.165) is 15.4 Å². The van der Waals surface area contributed by atoms with Crippen molar-refractivity contribution in [1.29, 1.82) is 0 Å². The Hall–Kier alpha value is -2.21. The quantitative estimate of drug-likeness (QED) is 0.880. The summed E-state index contributed by atoms with van der Waals surface area (Å²) < 4.78 is 1.43. The molecule has 2 aromatic heterocycles. The number of carbonyl (C=O) groups excluding carboxylic acids is 1. The summed E-state index contributed by atoms with van der Waals surface area (Å²) in [5.74, 6) is -0.238. The number of pyridine rings is 1. The summed E-state index contributed by atoms with van der Waals surface area (Å²) in [7, 11) is 1.65. The van der Waals surface area contributed by atoms with E-state index in [1.807, 2.05) is 6.92 Å². The van der Waals surface area contributed by atoms with Crippen LogP contribution in [0.2, 0.25) is 0 Å². The number of nitrogens with one attached hydrogen (secondary N) is 1. The molecule has 6 heteroatoms. The van der Waals surface area contributed by atoms with Gasteiger partial charge in [-0.2, -0.15) is 0 Å². The van der Waals surface area contributed by atoms with Crippen LogP contribution in [0.3, 0.4) is 0 Å². The zero-order valence-electron chi connectivity index (χ0n) is 11.5. The van der Waals surface area contributed by atoms with E-state index in [1.165, 1.54) is 28.0 Å². The monoisotopic (exact) mass is 289 g/mol. The number of nitrogens with zero attached hydrogens (tertiary/aromatic N) is 2. The molecule has 2 heterocycles. The third-order valence-corrected chi connectivity index (χ3v) is 3.61. The Bertz CT molecular complexity index is 728. The molecule has 104 valence electrons. The van der Waals surface area contributed by atoms with E-state index in [9.17, 15) is 9.59 Å². The predicted octanol–water partition coefficient (Wildman–Crippen LogP) is 2.11. The van der Waals surface area contributed by atoms with Crippen molar-refractivity contribution in [3.63, 3.8) is 0 Å². The molecule has 1 amide bonds. The highest BCUT2D eigenvalue weighted by atomic mass is 32.1. The summed E-state index contributed by atoms with van der Waals surface area (Å²) in [4.78, 5) is 28.3. The molecule has 2 rings (SSSR count). The topological polar surface area (TPSA) is 64.0 Å². The van der Waals surface area contributed by atoms with Crippen molar-refractivity contribution in [2.24, 2.45) is 7.05 Å². The number of hydrogen-bond acceptors (Lipinski definition) is 4. The van der Waals surface area contributed by atoms with Crippen LogP contribution in [-0.4, -0.2) is 15.5 Å². The molecular formula is C14H15N3O2S. The molecule has 0 bridgehead atoms. The lowest BCUT2D eigenvalue weighted by Crippen LogP contribution is -2.18. The molecular weight excluding hydrogens is 274 g/mol. The fraction of sp³-hybridized carbons (Fsp3) is 0.214. The molecule has 0 radical (unpaired) electrons. The molecule has 5 nitrogen and oxygen atoms in total. The van der Waals surface area contributed by atoms with Gasteiger partial charge >= 0.3 is 0 Å². The summed E-state index contributed by atoms with van der Waals surface area (Å²) in [6.45, 7) is 3.70. The summed E-state index contributed by atoms with van der Waals surface area (Å²) in [5, 5.41) is 3.71. The summed E-state index contributed by atoms with van der Waals surface area (Å²) in [6, 6.07) is 1.49. The van der Waals surface area contributed by atoms with Gasteiger partial charge in [-0.05, 0) is 25.5 Å². The second-order valence-electron chi connectivity index (χ2n) is 4.42. The average molecular weight is 289 g/mol. The highest BCUT2D eigenvalue weighted by Crippen LogP contribution is 2.14. The van der Waals surface area contributed by atoms with Crippen LogP contribution in [0.5, 0.6) is 0 Å². The number of carbonyl (C=O) groups is 1. The maximum Gasteiger partial charge on any atom is 0.250 e. The van der Waals surface area contributed by atoms with E-state index in [4.69, 9.17) is 0 Å². The van der Waals surface area contributed by atoms with Crippen molar-refractivity contribution in [3.05, 3.63) is 50.3 Å². The van der Waals surface area contributed by atoms with Crippen molar-refractivity contribution in [2.75, 3.05) is 5.32 Å². The van der Waals surface area contributed by atoms with E-state index in [1.54, 1.807) is 32.4 Å². The lowest BCUT2D eigenvalue weighted by Gasteiger charge is -2.07. The zero-order valence-corrected chi connectivity index (χ0v) is 12.3. The first kappa shape index (κ1) is 14.2. The Kier molecular flexibility index (Phi) is 4.14. The minimum absolute atomic E-state index is 0.101. The van der Waals surface area contributed by atoms with E-state index in [-0.39, 0.29) is 11.5 Å². The van der Waals surface area contributed by atoms with E-state index >= 15 is 0 Å². The minimum atomic E-state index is -0.238. The van der Waals surface area contributed by atoms with Crippen LogP contribution in [0.25, 0.3) is 6.08 Å². The summed E-state index contributed by atoms with van der Waals surface area (Å²) in [6.07, 6.45) is 6.51. The molecule has 20 heavy (non-hydrogen) atoms. The van der Waals surface area contributed by atoms with Crippen LogP contribution >= 0.6 is 11.3 Å². The molecule has 0 saturated carbocycles. The minimum Gasteiger partial charge on any atom is -0.321 e. The molecule has 0 aliphatic carbocycles. The first-order chi connectivity index (χ1) is 9.45. The number of aromatic nitrogens is 2. The fourth-order valence-corrected chi connectivity index (χ4v) is 2.33. The second-order valence-corrected chi connectivity index (χ2v) is 5.69. The lowest BCUT2D eigenvalue weighted by atomic mass is 10.2. The van der Waals surface area contributed by atoms with Crippen LogP contribution < -0.4 is 10.9 Å². The van der Waals surface area contributed by atoms with Crippen LogP contribution in [0.1, 0.15) is 15.4 Å². The van der Waals surface area contributed by atoms with Crippen molar-refractivity contribution >= 4 is 29.0 Å². The van der Waals surface area contributed by atoms with Gasteiger partial charge in [0.05, 0.1) is 10.7 Å². The van der Waals surface area contributed by atoms with Gasteiger partial charge in [0.15, 0.2) is 0 Å². The Labute approximate surface area is 120 Å².